The second-order valence-electron chi connectivity index (χ2n) is 6.83. The number of benzene rings is 3. The number of anilines is 1. The number of sulfonamides is 1. The van der Waals surface area contributed by atoms with Crippen molar-refractivity contribution in [2.24, 2.45) is 5.10 Å². The lowest BCUT2D eigenvalue weighted by atomic mass is 10.2. The Kier molecular flexibility index (Phi) is 8.38. The largest absolute Gasteiger partial charge is 0.493 e. The minimum atomic E-state index is -4.11. The number of carbonyl (C=O) groups is 1. The number of methoxy groups -OCH3 is 2. The summed E-state index contributed by atoms with van der Waals surface area (Å²) in [5.41, 5.74) is 3.02. The van der Waals surface area contributed by atoms with Crippen molar-refractivity contribution >= 4 is 51.0 Å². The van der Waals surface area contributed by atoms with Gasteiger partial charge in [0.2, 0.25) is 0 Å². The first kappa shape index (κ1) is 25.4. The molecule has 1 amide bonds. The average Bonchev–Trinajstić information content (AvgIpc) is 2.82. The quantitative estimate of drug-likeness (QED) is 0.333. The van der Waals surface area contributed by atoms with Crippen molar-refractivity contribution in [3.63, 3.8) is 0 Å². The van der Waals surface area contributed by atoms with Crippen LogP contribution in [0.1, 0.15) is 5.56 Å². The molecular formula is C23H21Cl2N3O5S. The second-order valence-corrected chi connectivity index (χ2v) is 9.56. The number of rotatable bonds is 9. The van der Waals surface area contributed by atoms with Gasteiger partial charge in [0, 0.05) is 15.6 Å². The number of hydrazone groups is 1. The SMILES string of the molecule is COc1cccc(/C=N\NC(=O)CN(c2cc(Cl)cc(Cl)c2)S(=O)(=O)c2ccccc2)c1OC. The first-order valence-electron chi connectivity index (χ1n) is 9.83. The summed E-state index contributed by atoms with van der Waals surface area (Å²) in [6.07, 6.45) is 1.37. The van der Waals surface area contributed by atoms with Gasteiger partial charge in [-0.2, -0.15) is 5.10 Å². The number of hydrogen-bond donors (Lipinski definition) is 1. The summed E-state index contributed by atoms with van der Waals surface area (Å²) in [5, 5.41) is 4.37. The van der Waals surface area contributed by atoms with Gasteiger partial charge in [-0.1, -0.05) is 47.5 Å². The molecule has 0 radical (unpaired) electrons. The van der Waals surface area contributed by atoms with Crippen molar-refractivity contribution < 1.29 is 22.7 Å². The van der Waals surface area contributed by atoms with Crippen molar-refractivity contribution in [1.29, 1.82) is 0 Å². The number of amides is 1. The summed E-state index contributed by atoms with van der Waals surface area (Å²) in [7, 11) is -1.13. The highest BCUT2D eigenvalue weighted by Gasteiger charge is 2.27. The molecule has 0 saturated heterocycles. The van der Waals surface area contributed by atoms with Gasteiger partial charge in [-0.05, 0) is 42.5 Å². The number of ether oxygens (including phenoxy) is 2. The molecule has 0 aliphatic carbocycles. The summed E-state index contributed by atoms with van der Waals surface area (Å²) >= 11 is 12.2. The third-order valence-corrected chi connectivity index (χ3v) is 6.80. The van der Waals surface area contributed by atoms with Gasteiger partial charge in [-0.3, -0.25) is 9.10 Å². The van der Waals surface area contributed by atoms with Crippen molar-refractivity contribution in [2.45, 2.75) is 4.90 Å². The van der Waals surface area contributed by atoms with Crippen LogP contribution in [0.25, 0.3) is 0 Å². The van der Waals surface area contributed by atoms with E-state index in [2.05, 4.69) is 10.5 Å². The van der Waals surface area contributed by atoms with Crippen LogP contribution >= 0.6 is 23.2 Å². The number of para-hydroxylation sites is 1. The van der Waals surface area contributed by atoms with Gasteiger partial charge in [0.1, 0.15) is 6.54 Å². The Morgan fingerprint density at radius 1 is 1.00 bits per heavy atom. The highest BCUT2D eigenvalue weighted by atomic mass is 35.5. The molecule has 34 heavy (non-hydrogen) atoms. The molecule has 3 aromatic rings. The Bertz CT molecular complexity index is 1280. The summed E-state index contributed by atoms with van der Waals surface area (Å²) < 4.78 is 38.1. The standard InChI is InChI=1S/C23H21Cl2N3O5S/c1-32-21-10-6-7-16(23(21)33-2)14-26-27-22(29)15-28(19-12-17(24)11-18(25)13-19)34(30,31)20-8-4-3-5-9-20/h3-14H,15H2,1-2H3,(H,27,29)/b26-14-. The van der Waals surface area contributed by atoms with Crippen LogP contribution < -0.4 is 19.2 Å². The van der Waals surface area contributed by atoms with Crippen LogP contribution in [-0.4, -0.2) is 41.3 Å². The highest BCUT2D eigenvalue weighted by molar-refractivity contribution is 7.92. The van der Waals surface area contributed by atoms with Crippen LogP contribution in [-0.2, 0) is 14.8 Å². The van der Waals surface area contributed by atoms with E-state index in [-0.39, 0.29) is 20.6 Å². The van der Waals surface area contributed by atoms with E-state index in [9.17, 15) is 13.2 Å². The predicted molar refractivity (Wildman–Crippen MR) is 133 cm³/mol. The molecule has 0 atom stereocenters. The molecule has 0 aliphatic heterocycles. The molecule has 0 aliphatic rings. The second kappa shape index (κ2) is 11.2. The Balaban J connectivity index is 1.87. The maximum Gasteiger partial charge on any atom is 0.264 e. The average molecular weight is 522 g/mol. The van der Waals surface area contributed by atoms with E-state index in [0.29, 0.717) is 17.1 Å². The first-order valence-corrected chi connectivity index (χ1v) is 12.0. The smallest absolute Gasteiger partial charge is 0.264 e. The normalized spacial score (nSPS) is 11.3. The van der Waals surface area contributed by atoms with E-state index in [1.165, 1.54) is 50.8 Å². The molecule has 8 nitrogen and oxygen atoms in total. The van der Waals surface area contributed by atoms with Gasteiger partial charge < -0.3 is 9.47 Å². The summed E-state index contributed by atoms with van der Waals surface area (Å²) in [5.74, 6) is 0.245. The monoisotopic (exact) mass is 521 g/mol. The van der Waals surface area contributed by atoms with Crippen LogP contribution in [0.2, 0.25) is 10.0 Å². The number of halogens is 2. The molecule has 1 N–H and O–H groups in total. The minimum absolute atomic E-state index is 0.00326. The zero-order valence-electron chi connectivity index (χ0n) is 18.2. The lowest BCUT2D eigenvalue weighted by Gasteiger charge is -2.24. The fraction of sp³-hybridized carbons (Fsp3) is 0.130. The van der Waals surface area contributed by atoms with Crippen molar-refractivity contribution in [2.75, 3.05) is 25.1 Å². The number of hydrogen-bond acceptors (Lipinski definition) is 6. The lowest BCUT2D eigenvalue weighted by Crippen LogP contribution is -2.39. The molecule has 0 unspecified atom stereocenters. The van der Waals surface area contributed by atoms with Crippen molar-refractivity contribution in [3.05, 3.63) is 82.3 Å². The highest BCUT2D eigenvalue weighted by Crippen LogP contribution is 2.30. The summed E-state index contributed by atoms with van der Waals surface area (Å²) in [4.78, 5) is 12.7. The van der Waals surface area contributed by atoms with Gasteiger partial charge in [-0.25, -0.2) is 13.8 Å². The molecule has 3 rings (SSSR count). The van der Waals surface area contributed by atoms with E-state index >= 15 is 0 Å². The summed E-state index contributed by atoms with van der Waals surface area (Å²) in [6, 6.07) is 17.2. The Morgan fingerprint density at radius 2 is 1.68 bits per heavy atom. The molecule has 178 valence electrons. The molecule has 3 aromatic carbocycles. The Morgan fingerprint density at radius 3 is 2.29 bits per heavy atom. The van der Waals surface area contributed by atoms with E-state index in [1.54, 1.807) is 36.4 Å². The maximum atomic E-state index is 13.3. The zero-order valence-corrected chi connectivity index (χ0v) is 20.6. The maximum absolute atomic E-state index is 13.3. The van der Waals surface area contributed by atoms with Crippen LogP contribution in [0.15, 0.2) is 76.7 Å². The summed E-state index contributed by atoms with van der Waals surface area (Å²) in [6.45, 7) is -0.569. The van der Waals surface area contributed by atoms with Gasteiger partial charge in [0.25, 0.3) is 15.9 Å². The fourth-order valence-corrected chi connectivity index (χ4v) is 5.01. The van der Waals surface area contributed by atoms with Crippen LogP contribution in [0.5, 0.6) is 11.5 Å². The lowest BCUT2D eigenvalue weighted by molar-refractivity contribution is -0.119. The van der Waals surface area contributed by atoms with E-state index < -0.39 is 22.5 Å². The number of carbonyl (C=O) groups excluding carboxylic acids is 1. The predicted octanol–water partition coefficient (Wildman–Crippen LogP) is 4.36. The molecule has 0 aromatic heterocycles. The van der Waals surface area contributed by atoms with Gasteiger partial charge in [0.15, 0.2) is 11.5 Å². The molecule has 0 heterocycles. The fourth-order valence-electron chi connectivity index (χ4n) is 3.07. The molecule has 11 heteroatoms. The van der Waals surface area contributed by atoms with Gasteiger partial charge in [0.05, 0.1) is 31.0 Å². The molecular weight excluding hydrogens is 501 g/mol. The molecule has 0 saturated carbocycles. The number of nitrogens with one attached hydrogen (secondary N) is 1. The van der Waals surface area contributed by atoms with E-state index in [0.717, 1.165) is 4.31 Å². The van der Waals surface area contributed by atoms with Crippen LogP contribution in [0, 0.1) is 0 Å². The third-order valence-electron chi connectivity index (χ3n) is 4.58. The minimum Gasteiger partial charge on any atom is -0.493 e. The first-order chi connectivity index (χ1) is 16.3. The Hall–Kier alpha value is -3.27. The molecule has 0 spiro atoms. The number of nitrogens with zero attached hydrogens (tertiary/aromatic N) is 2. The van der Waals surface area contributed by atoms with Crippen molar-refractivity contribution in [3.8, 4) is 11.5 Å². The van der Waals surface area contributed by atoms with E-state index in [4.69, 9.17) is 32.7 Å². The van der Waals surface area contributed by atoms with Gasteiger partial charge >= 0.3 is 0 Å². The Labute approximate surface area is 207 Å². The topological polar surface area (TPSA) is 97.3 Å². The third kappa shape index (κ3) is 5.99. The zero-order chi connectivity index (χ0) is 24.7. The molecule has 0 fully saturated rings. The van der Waals surface area contributed by atoms with E-state index in [1.807, 2.05) is 0 Å². The van der Waals surface area contributed by atoms with Crippen LogP contribution in [0.3, 0.4) is 0 Å². The molecule has 0 bridgehead atoms. The van der Waals surface area contributed by atoms with Crippen molar-refractivity contribution in [1.82, 2.24) is 5.43 Å². The van der Waals surface area contributed by atoms with Gasteiger partial charge in [-0.15, -0.1) is 0 Å². The van der Waals surface area contributed by atoms with Crippen LogP contribution in [0.4, 0.5) is 5.69 Å².